The van der Waals surface area contributed by atoms with E-state index >= 15 is 0 Å². The van der Waals surface area contributed by atoms with Crippen LogP contribution in [0.1, 0.15) is 24.9 Å². The molecule has 0 bridgehead atoms. The first kappa shape index (κ1) is 16.5. The second-order valence-corrected chi connectivity index (χ2v) is 6.29. The minimum Gasteiger partial charge on any atom is -0.497 e. The number of methoxy groups -OCH3 is 1. The molecule has 0 saturated carbocycles. The third-order valence-corrected chi connectivity index (χ3v) is 4.69. The molecule has 21 heavy (non-hydrogen) atoms. The number of anilines is 1. The van der Waals surface area contributed by atoms with Crippen LogP contribution in [-0.2, 0) is 0 Å². The van der Waals surface area contributed by atoms with Crippen LogP contribution < -0.4 is 10.1 Å². The van der Waals surface area contributed by atoms with Crippen molar-refractivity contribution in [3.63, 3.8) is 0 Å². The van der Waals surface area contributed by atoms with Gasteiger partial charge in [-0.2, -0.15) is 0 Å². The Morgan fingerprint density at radius 1 is 1.14 bits per heavy atom. The summed E-state index contributed by atoms with van der Waals surface area (Å²) in [7, 11) is 1.66. The summed E-state index contributed by atoms with van der Waals surface area (Å²) in [5.74, 6) is 0.810. The molecule has 2 rings (SSSR count). The van der Waals surface area contributed by atoms with Crippen LogP contribution in [0.4, 0.5) is 5.69 Å². The SMILES string of the molecule is CCC(Nc1cc(OC)ccc1Br)c1ccc(Cl)c(Cl)c1. The molecule has 112 valence electrons. The number of halogens is 3. The number of rotatable bonds is 5. The van der Waals surface area contributed by atoms with Gasteiger partial charge < -0.3 is 10.1 Å². The maximum Gasteiger partial charge on any atom is 0.121 e. The van der Waals surface area contributed by atoms with Crippen molar-refractivity contribution in [2.24, 2.45) is 0 Å². The fourth-order valence-corrected chi connectivity index (χ4v) is 2.75. The highest BCUT2D eigenvalue weighted by molar-refractivity contribution is 9.10. The molecule has 0 heterocycles. The van der Waals surface area contributed by atoms with Gasteiger partial charge in [0.05, 0.1) is 28.9 Å². The van der Waals surface area contributed by atoms with Crippen molar-refractivity contribution < 1.29 is 4.74 Å². The van der Waals surface area contributed by atoms with Gasteiger partial charge >= 0.3 is 0 Å². The molecule has 1 unspecified atom stereocenters. The number of ether oxygens (including phenoxy) is 1. The molecule has 0 saturated heterocycles. The van der Waals surface area contributed by atoms with Crippen molar-refractivity contribution in [1.82, 2.24) is 0 Å². The summed E-state index contributed by atoms with van der Waals surface area (Å²) in [5.41, 5.74) is 2.08. The van der Waals surface area contributed by atoms with E-state index in [2.05, 4.69) is 28.2 Å². The molecule has 1 atom stereocenters. The zero-order chi connectivity index (χ0) is 15.4. The highest BCUT2D eigenvalue weighted by Gasteiger charge is 2.13. The van der Waals surface area contributed by atoms with Gasteiger partial charge in [-0.15, -0.1) is 0 Å². The molecule has 5 heteroatoms. The first-order chi connectivity index (χ1) is 10.0. The average Bonchev–Trinajstić information content (AvgIpc) is 2.49. The molecule has 0 spiro atoms. The predicted octanol–water partition coefficient (Wildman–Crippen LogP) is 6.33. The first-order valence-electron chi connectivity index (χ1n) is 6.60. The van der Waals surface area contributed by atoms with Crippen LogP contribution >= 0.6 is 39.1 Å². The Kier molecular flexibility index (Phi) is 5.80. The summed E-state index contributed by atoms with van der Waals surface area (Å²) >= 11 is 15.6. The molecule has 0 amide bonds. The van der Waals surface area contributed by atoms with Crippen molar-refractivity contribution in [2.75, 3.05) is 12.4 Å². The zero-order valence-electron chi connectivity index (χ0n) is 11.8. The standard InChI is InChI=1S/C16H16BrCl2NO/c1-3-15(10-4-7-13(18)14(19)8-10)20-16-9-11(21-2)5-6-12(16)17/h4-9,15,20H,3H2,1-2H3. The van der Waals surface area contributed by atoms with Gasteiger partial charge in [-0.3, -0.25) is 0 Å². The largest absolute Gasteiger partial charge is 0.497 e. The third-order valence-electron chi connectivity index (χ3n) is 3.26. The quantitative estimate of drug-likeness (QED) is 0.646. The Labute approximate surface area is 143 Å². The van der Waals surface area contributed by atoms with Gasteiger partial charge in [-0.1, -0.05) is 36.2 Å². The van der Waals surface area contributed by atoms with Crippen molar-refractivity contribution in [3.8, 4) is 5.75 Å². The van der Waals surface area contributed by atoms with Gasteiger partial charge in [0, 0.05) is 10.5 Å². The lowest BCUT2D eigenvalue weighted by Gasteiger charge is -2.20. The minimum absolute atomic E-state index is 0.142. The van der Waals surface area contributed by atoms with Gasteiger partial charge in [-0.25, -0.2) is 0 Å². The van der Waals surface area contributed by atoms with E-state index in [-0.39, 0.29) is 6.04 Å². The Balaban J connectivity index is 2.28. The van der Waals surface area contributed by atoms with E-state index < -0.39 is 0 Å². The van der Waals surface area contributed by atoms with Gasteiger partial charge in [0.2, 0.25) is 0 Å². The number of benzene rings is 2. The minimum atomic E-state index is 0.142. The summed E-state index contributed by atoms with van der Waals surface area (Å²) in [6.45, 7) is 2.12. The fraction of sp³-hybridized carbons (Fsp3) is 0.250. The van der Waals surface area contributed by atoms with E-state index in [1.54, 1.807) is 7.11 Å². The van der Waals surface area contributed by atoms with Crippen LogP contribution in [0.3, 0.4) is 0 Å². The van der Waals surface area contributed by atoms with Crippen molar-refractivity contribution in [1.29, 1.82) is 0 Å². The second-order valence-electron chi connectivity index (χ2n) is 4.62. The molecule has 0 aromatic heterocycles. The highest BCUT2D eigenvalue weighted by Crippen LogP contribution is 2.33. The van der Waals surface area contributed by atoms with Crippen molar-refractivity contribution in [2.45, 2.75) is 19.4 Å². The lowest BCUT2D eigenvalue weighted by molar-refractivity contribution is 0.415. The maximum absolute atomic E-state index is 6.11. The van der Waals surface area contributed by atoms with Crippen LogP contribution in [0.15, 0.2) is 40.9 Å². The molecule has 2 nitrogen and oxygen atoms in total. The van der Waals surface area contributed by atoms with Crippen LogP contribution in [-0.4, -0.2) is 7.11 Å². The van der Waals surface area contributed by atoms with Crippen molar-refractivity contribution >= 4 is 44.8 Å². The number of hydrogen-bond donors (Lipinski definition) is 1. The molecular weight excluding hydrogens is 373 g/mol. The monoisotopic (exact) mass is 387 g/mol. The Bertz CT molecular complexity index is 634. The maximum atomic E-state index is 6.11. The number of nitrogens with one attached hydrogen (secondary N) is 1. The topological polar surface area (TPSA) is 21.3 Å². The average molecular weight is 389 g/mol. The van der Waals surface area contributed by atoms with E-state index in [9.17, 15) is 0 Å². The predicted molar refractivity (Wildman–Crippen MR) is 93.8 cm³/mol. The molecule has 1 N–H and O–H groups in total. The lowest BCUT2D eigenvalue weighted by Crippen LogP contribution is -2.10. The van der Waals surface area contributed by atoms with Crippen LogP contribution in [0, 0.1) is 0 Å². The second kappa shape index (κ2) is 7.39. The summed E-state index contributed by atoms with van der Waals surface area (Å²) in [6.07, 6.45) is 0.918. The molecule has 0 aliphatic rings. The van der Waals surface area contributed by atoms with Gasteiger partial charge in [0.15, 0.2) is 0 Å². The Morgan fingerprint density at radius 2 is 1.90 bits per heavy atom. The number of hydrogen-bond acceptors (Lipinski definition) is 2. The molecule has 0 radical (unpaired) electrons. The summed E-state index contributed by atoms with van der Waals surface area (Å²) in [6, 6.07) is 11.7. The molecule has 2 aromatic rings. The van der Waals surface area contributed by atoms with Crippen molar-refractivity contribution in [3.05, 3.63) is 56.5 Å². The van der Waals surface area contributed by atoms with Crippen LogP contribution in [0.5, 0.6) is 5.75 Å². The molecular formula is C16H16BrCl2NO. The Morgan fingerprint density at radius 3 is 2.52 bits per heavy atom. The molecule has 2 aromatic carbocycles. The lowest BCUT2D eigenvalue weighted by atomic mass is 10.0. The van der Waals surface area contributed by atoms with Crippen LogP contribution in [0.2, 0.25) is 10.0 Å². The van der Waals surface area contributed by atoms with Gasteiger partial charge in [-0.05, 0) is 52.2 Å². The van der Waals surface area contributed by atoms with E-state index in [0.29, 0.717) is 10.0 Å². The smallest absolute Gasteiger partial charge is 0.121 e. The Hall–Kier alpha value is -0.900. The normalized spacial score (nSPS) is 12.0. The zero-order valence-corrected chi connectivity index (χ0v) is 14.9. The molecule has 0 aliphatic carbocycles. The van der Waals surface area contributed by atoms with E-state index in [1.165, 1.54) is 0 Å². The summed E-state index contributed by atoms with van der Waals surface area (Å²) in [4.78, 5) is 0. The van der Waals surface area contributed by atoms with E-state index in [1.807, 2.05) is 36.4 Å². The van der Waals surface area contributed by atoms with Gasteiger partial charge in [0.25, 0.3) is 0 Å². The van der Waals surface area contributed by atoms with Gasteiger partial charge in [0.1, 0.15) is 5.75 Å². The third kappa shape index (κ3) is 4.06. The highest BCUT2D eigenvalue weighted by atomic mass is 79.9. The first-order valence-corrected chi connectivity index (χ1v) is 8.15. The van der Waals surface area contributed by atoms with Crippen LogP contribution in [0.25, 0.3) is 0 Å². The molecule has 0 fully saturated rings. The van der Waals surface area contributed by atoms with E-state index in [0.717, 1.165) is 27.9 Å². The van der Waals surface area contributed by atoms with E-state index in [4.69, 9.17) is 27.9 Å². The summed E-state index contributed by atoms with van der Waals surface area (Å²) in [5, 5.41) is 4.64. The summed E-state index contributed by atoms with van der Waals surface area (Å²) < 4.78 is 6.25. The fourth-order valence-electron chi connectivity index (χ4n) is 2.08. The molecule has 0 aliphatic heterocycles.